The summed E-state index contributed by atoms with van der Waals surface area (Å²) in [5.74, 6) is 1.92. The van der Waals surface area contributed by atoms with Crippen molar-refractivity contribution in [1.82, 2.24) is 14.7 Å². The number of nitrogens with zero attached hydrogens (tertiary/aromatic N) is 3. The lowest BCUT2D eigenvalue weighted by atomic mass is 10.1. The fourth-order valence-corrected chi connectivity index (χ4v) is 4.72. The summed E-state index contributed by atoms with van der Waals surface area (Å²) in [5.41, 5.74) is 3.68. The molecular formula is C31H32N4O5. The predicted octanol–water partition coefficient (Wildman–Crippen LogP) is 5.32. The maximum absolute atomic E-state index is 13.6. The van der Waals surface area contributed by atoms with E-state index in [-0.39, 0.29) is 31.1 Å². The van der Waals surface area contributed by atoms with Gasteiger partial charge in [0, 0.05) is 17.7 Å². The van der Waals surface area contributed by atoms with Crippen molar-refractivity contribution in [2.75, 3.05) is 32.3 Å². The van der Waals surface area contributed by atoms with Gasteiger partial charge in [0.2, 0.25) is 12.7 Å². The molecule has 0 bridgehead atoms. The third-order valence-corrected chi connectivity index (χ3v) is 6.52. The highest BCUT2D eigenvalue weighted by Gasteiger charge is 2.25. The molecule has 40 heavy (non-hydrogen) atoms. The number of rotatable bonds is 9. The van der Waals surface area contributed by atoms with Crippen molar-refractivity contribution in [3.05, 3.63) is 84.1 Å². The van der Waals surface area contributed by atoms with Crippen LogP contribution in [0.15, 0.2) is 72.8 Å². The molecule has 0 spiro atoms. The Bertz CT molecular complexity index is 1510. The van der Waals surface area contributed by atoms with Gasteiger partial charge < -0.3 is 24.4 Å². The number of anilines is 1. The molecule has 1 aliphatic rings. The Morgan fingerprint density at radius 2 is 1.75 bits per heavy atom. The Hall–Kier alpha value is -4.79. The Labute approximate surface area is 233 Å². The molecule has 1 N–H and O–H groups in total. The summed E-state index contributed by atoms with van der Waals surface area (Å²) < 4.78 is 17.8. The van der Waals surface area contributed by atoms with E-state index in [0.29, 0.717) is 35.2 Å². The average Bonchev–Trinajstić information content (AvgIpc) is 3.56. The molecule has 0 unspecified atom stereocenters. The van der Waals surface area contributed by atoms with E-state index in [4.69, 9.17) is 19.3 Å². The number of fused-ring (bicyclic) bond motifs is 1. The van der Waals surface area contributed by atoms with E-state index in [1.165, 1.54) is 0 Å². The zero-order valence-electron chi connectivity index (χ0n) is 23.0. The van der Waals surface area contributed by atoms with Crippen molar-refractivity contribution in [3.8, 4) is 34.1 Å². The zero-order valence-corrected chi connectivity index (χ0v) is 23.0. The van der Waals surface area contributed by atoms with E-state index in [1.54, 1.807) is 34.9 Å². The molecule has 4 aromatic rings. The second kappa shape index (κ2) is 11.5. The molecular weight excluding hydrogens is 508 g/mol. The molecule has 2 heterocycles. The van der Waals surface area contributed by atoms with E-state index in [1.807, 2.05) is 75.4 Å². The van der Waals surface area contributed by atoms with E-state index in [0.717, 1.165) is 22.5 Å². The minimum atomic E-state index is -0.332. The first kappa shape index (κ1) is 26.8. The van der Waals surface area contributed by atoms with E-state index < -0.39 is 0 Å². The molecule has 1 aliphatic heterocycles. The van der Waals surface area contributed by atoms with Gasteiger partial charge in [-0.15, -0.1) is 0 Å². The molecule has 5 rings (SSSR count). The van der Waals surface area contributed by atoms with Gasteiger partial charge >= 0.3 is 0 Å². The molecule has 206 valence electrons. The number of aromatic nitrogens is 2. The molecule has 0 fully saturated rings. The van der Waals surface area contributed by atoms with Crippen LogP contribution < -0.4 is 19.5 Å². The van der Waals surface area contributed by atoms with Gasteiger partial charge in [-0.2, -0.15) is 5.10 Å². The minimum Gasteiger partial charge on any atom is -0.497 e. The molecule has 9 nitrogen and oxygen atoms in total. The molecule has 0 radical (unpaired) electrons. The van der Waals surface area contributed by atoms with Crippen LogP contribution in [0.25, 0.3) is 16.8 Å². The van der Waals surface area contributed by atoms with Crippen LogP contribution in [-0.4, -0.2) is 53.5 Å². The van der Waals surface area contributed by atoms with Gasteiger partial charge in [0.25, 0.3) is 5.91 Å². The van der Waals surface area contributed by atoms with Crippen LogP contribution in [-0.2, 0) is 4.79 Å². The Kier molecular flexibility index (Phi) is 7.72. The first-order valence-corrected chi connectivity index (χ1v) is 13.1. The topological polar surface area (TPSA) is 94.9 Å². The lowest BCUT2D eigenvalue weighted by Crippen LogP contribution is -2.40. The van der Waals surface area contributed by atoms with Gasteiger partial charge in [-0.3, -0.25) is 9.59 Å². The quantitative estimate of drug-likeness (QED) is 0.309. The number of nitrogens with one attached hydrogen (secondary N) is 1. The van der Waals surface area contributed by atoms with Crippen LogP contribution in [0.3, 0.4) is 0 Å². The Morgan fingerprint density at radius 3 is 2.45 bits per heavy atom. The fraction of sp³-hybridized carbons (Fsp3) is 0.258. The largest absolute Gasteiger partial charge is 0.497 e. The third-order valence-electron chi connectivity index (χ3n) is 6.52. The SMILES string of the molecule is COc1ccc(-n2nc(C)c(-c3ccccc3)c2NC(=O)CN(CC(C)C)C(=O)c2ccc3c(c2)OCO3)cc1. The monoisotopic (exact) mass is 540 g/mol. The fourth-order valence-electron chi connectivity index (χ4n) is 4.72. The average molecular weight is 541 g/mol. The normalized spacial score (nSPS) is 11.9. The highest BCUT2D eigenvalue weighted by Crippen LogP contribution is 2.35. The van der Waals surface area contributed by atoms with Crippen molar-refractivity contribution >= 4 is 17.6 Å². The van der Waals surface area contributed by atoms with Gasteiger partial charge in [-0.1, -0.05) is 44.2 Å². The summed E-state index contributed by atoms with van der Waals surface area (Å²) in [4.78, 5) is 28.7. The first-order chi connectivity index (χ1) is 19.3. The van der Waals surface area contributed by atoms with Crippen LogP contribution in [0.5, 0.6) is 17.2 Å². The third kappa shape index (κ3) is 5.63. The number of amides is 2. The number of hydrogen-bond donors (Lipinski definition) is 1. The van der Waals surface area contributed by atoms with Crippen molar-refractivity contribution in [3.63, 3.8) is 0 Å². The number of benzene rings is 3. The maximum atomic E-state index is 13.6. The molecule has 2 amide bonds. The number of hydrogen-bond acceptors (Lipinski definition) is 6. The van der Waals surface area contributed by atoms with Crippen LogP contribution >= 0.6 is 0 Å². The molecule has 3 aromatic carbocycles. The van der Waals surface area contributed by atoms with E-state index >= 15 is 0 Å². The molecule has 0 saturated carbocycles. The second-order valence-corrected chi connectivity index (χ2v) is 9.98. The van der Waals surface area contributed by atoms with Gasteiger partial charge in [-0.05, 0) is 60.9 Å². The van der Waals surface area contributed by atoms with Crippen molar-refractivity contribution < 1.29 is 23.8 Å². The van der Waals surface area contributed by atoms with Crippen molar-refractivity contribution in [1.29, 1.82) is 0 Å². The number of carbonyl (C=O) groups is 2. The first-order valence-electron chi connectivity index (χ1n) is 13.1. The number of aryl methyl sites for hydroxylation is 1. The smallest absolute Gasteiger partial charge is 0.254 e. The predicted molar refractivity (Wildman–Crippen MR) is 152 cm³/mol. The summed E-state index contributed by atoms with van der Waals surface area (Å²) >= 11 is 0. The molecule has 0 atom stereocenters. The van der Waals surface area contributed by atoms with E-state index in [2.05, 4.69) is 5.32 Å². The van der Waals surface area contributed by atoms with Crippen molar-refractivity contribution in [2.45, 2.75) is 20.8 Å². The summed E-state index contributed by atoms with van der Waals surface area (Å²) in [5, 5.41) is 7.83. The molecule has 0 saturated heterocycles. The van der Waals surface area contributed by atoms with Gasteiger partial charge in [0.15, 0.2) is 11.5 Å². The number of carbonyl (C=O) groups excluding carboxylic acids is 2. The van der Waals surface area contributed by atoms with Crippen LogP contribution in [0.4, 0.5) is 5.82 Å². The van der Waals surface area contributed by atoms with Crippen LogP contribution in [0, 0.1) is 12.8 Å². The van der Waals surface area contributed by atoms with Crippen LogP contribution in [0.1, 0.15) is 29.9 Å². The highest BCUT2D eigenvalue weighted by atomic mass is 16.7. The molecule has 0 aliphatic carbocycles. The van der Waals surface area contributed by atoms with Crippen LogP contribution in [0.2, 0.25) is 0 Å². The summed E-state index contributed by atoms with van der Waals surface area (Å²) in [7, 11) is 1.61. The zero-order chi connectivity index (χ0) is 28.2. The highest BCUT2D eigenvalue weighted by molar-refractivity contribution is 6.01. The number of methoxy groups -OCH3 is 1. The number of ether oxygens (including phenoxy) is 3. The summed E-state index contributed by atoms with van der Waals surface area (Å²) in [6.45, 7) is 6.32. The van der Waals surface area contributed by atoms with Gasteiger partial charge in [0.1, 0.15) is 18.1 Å². The lowest BCUT2D eigenvalue weighted by molar-refractivity contribution is -0.117. The van der Waals surface area contributed by atoms with E-state index in [9.17, 15) is 9.59 Å². The lowest BCUT2D eigenvalue weighted by Gasteiger charge is -2.24. The van der Waals surface area contributed by atoms with Gasteiger partial charge in [-0.25, -0.2) is 4.68 Å². The standard InChI is InChI=1S/C31H32N4O5/c1-20(2)17-34(31(37)23-10-15-26-27(16-23)40-19-39-26)18-28(36)32-30-29(22-8-6-5-7-9-22)21(3)33-35(30)24-11-13-25(38-4)14-12-24/h5-16,20H,17-19H2,1-4H3,(H,32,36). The Balaban J connectivity index is 1.46. The minimum absolute atomic E-state index is 0.121. The second-order valence-electron chi connectivity index (χ2n) is 9.98. The molecule has 9 heteroatoms. The Morgan fingerprint density at radius 1 is 1.02 bits per heavy atom. The summed E-state index contributed by atoms with van der Waals surface area (Å²) in [6.07, 6.45) is 0. The van der Waals surface area contributed by atoms with Gasteiger partial charge in [0.05, 0.1) is 18.5 Å². The van der Waals surface area contributed by atoms with Crippen molar-refractivity contribution in [2.24, 2.45) is 5.92 Å². The maximum Gasteiger partial charge on any atom is 0.254 e. The summed E-state index contributed by atoms with van der Waals surface area (Å²) in [6, 6.07) is 22.3. The molecule has 1 aromatic heterocycles.